The summed E-state index contributed by atoms with van der Waals surface area (Å²) in [6, 6.07) is 3.67. The Morgan fingerprint density at radius 1 is 1.20 bits per heavy atom. The number of rotatable bonds is 4. The lowest BCUT2D eigenvalue weighted by Gasteiger charge is -2.40. The molecule has 0 aromatic carbocycles. The molecule has 162 valence electrons. The largest absolute Gasteiger partial charge is 0.444 e. The SMILES string of the molecule is CN(C)c1cncc(NC(=O)C2(n3cccn3)CCN(C(=O)OC(C)(C)C)CC2)c1. The molecule has 3 rings (SSSR count). The summed E-state index contributed by atoms with van der Waals surface area (Å²) in [4.78, 5) is 33.6. The molecular formula is C21H30N6O3. The maximum absolute atomic E-state index is 13.4. The summed E-state index contributed by atoms with van der Waals surface area (Å²) < 4.78 is 7.17. The smallest absolute Gasteiger partial charge is 0.410 e. The van der Waals surface area contributed by atoms with Crippen molar-refractivity contribution in [3.05, 3.63) is 36.9 Å². The molecule has 2 amide bonds. The molecular weight excluding hydrogens is 384 g/mol. The fraction of sp³-hybridized carbons (Fsp3) is 0.524. The van der Waals surface area contributed by atoms with Gasteiger partial charge in [0.25, 0.3) is 5.91 Å². The maximum atomic E-state index is 13.4. The number of anilines is 2. The molecule has 0 saturated carbocycles. The van der Waals surface area contributed by atoms with Crippen LogP contribution < -0.4 is 10.2 Å². The highest BCUT2D eigenvalue weighted by Gasteiger charge is 2.45. The molecule has 1 saturated heterocycles. The zero-order valence-electron chi connectivity index (χ0n) is 18.3. The maximum Gasteiger partial charge on any atom is 0.410 e. The predicted octanol–water partition coefficient (Wildman–Crippen LogP) is 2.71. The minimum atomic E-state index is -0.893. The molecule has 0 unspecified atom stereocenters. The average molecular weight is 415 g/mol. The Balaban J connectivity index is 1.79. The fourth-order valence-electron chi connectivity index (χ4n) is 3.46. The van der Waals surface area contributed by atoms with Crippen molar-refractivity contribution in [1.82, 2.24) is 19.7 Å². The van der Waals surface area contributed by atoms with Gasteiger partial charge in [0.15, 0.2) is 0 Å². The predicted molar refractivity (Wildman–Crippen MR) is 114 cm³/mol. The summed E-state index contributed by atoms with van der Waals surface area (Å²) in [6.07, 6.45) is 7.30. The molecule has 1 fully saturated rings. The van der Waals surface area contributed by atoms with Gasteiger partial charge in [-0.1, -0.05) is 0 Å². The number of amides is 2. The first-order valence-corrected chi connectivity index (χ1v) is 10.0. The van der Waals surface area contributed by atoms with Crippen molar-refractivity contribution in [1.29, 1.82) is 0 Å². The van der Waals surface area contributed by atoms with Gasteiger partial charge in [-0.25, -0.2) is 4.79 Å². The number of nitrogens with zero attached hydrogens (tertiary/aromatic N) is 5. The van der Waals surface area contributed by atoms with Crippen molar-refractivity contribution in [3.63, 3.8) is 0 Å². The minimum Gasteiger partial charge on any atom is -0.444 e. The van der Waals surface area contributed by atoms with Gasteiger partial charge < -0.3 is 19.9 Å². The number of carbonyl (C=O) groups excluding carboxylic acids is 2. The first-order valence-electron chi connectivity index (χ1n) is 10.0. The van der Waals surface area contributed by atoms with E-state index in [1.54, 1.807) is 40.4 Å². The van der Waals surface area contributed by atoms with Crippen LogP contribution in [0.25, 0.3) is 0 Å². The van der Waals surface area contributed by atoms with E-state index in [0.29, 0.717) is 31.6 Å². The van der Waals surface area contributed by atoms with E-state index in [4.69, 9.17) is 4.74 Å². The second-order valence-corrected chi connectivity index (χ2v) is 8.73. The summed E-state index contributed by atoms with van der Waals surface area (Å²) in [5.74, 6) is -0.173. The zero-order chi connectivity index (χ0) is 21.9. The number of carbonyl (C=O) groups is 2. The lowest BCUT2D eigenvalue weighted by atomic mass is 9.86. The summed E-state index contributed by atoms with van der Waals surface area (Å²) in [7, 11) is 3.83. The molecule has 0 spiro atoms. The number of hydrogen-bond acceptors (Lipinski definition) is 6. The van der Waals surface area contributed by atoms with E-state index in [0.717, 1.165) is 5.69 Å². The molecule has 3 heterocycles. The molecule has 0 radical (unpaired) electrons. The van der Waals surface area contributed by atoms with Gasteiger partial charge in [-0.15, -0.1) is 0 Å². The molecule has 0 aliphatic carbocycles. The van der Waals surface area contributed by atoms with Gasteiger partial charge in [-0.2, -0.15) is 5.10 Å². The monoisotopic (exact) mass is 414 g/mol. The van der Waals surface area contributed by atoms with Crippen molar-refractivity contribution in [3.8, 4) is 0 Å². The Bertz CT molecular complexity index is 880. The molecule has 2 aromatic heterocycles. The Labute approximate surface area is 177 Å². The van der Waals surface area contributed by atoms with Crippen LogP contribution in [-0.2, 0) is 15.1 Å². The van der Waals surface area contributed by atoms with Gasteiger partial charge in [0, 0.05) is 39.6 Å². The zero-order valence-corrected chi connectivity index (χ0v) is 18.3. The molecule has 2 aromatic rings. The molecule has 30 heavy (non-hydrogen) atoms. The number of nitrogens with one attached hydrogen (secondary N) is 1. The highest BCUT2D eigenvalue weighted by Crippen LogP contribution is 2.32. The fourth-order valence-corrected chi connectivity index (χ4v) is 3.46. The van der Waals surface area contributed by atoms with E-state index in [-0.39, 0.29) is 12.0 Å². The summed E-state index contributed by atoms with van der Waals surface area (Å²) >= 11 is 0. The molecule has 9 heteroatoms. The van der Waals surface area contributed by atoms with Crippen molar-refractivity contribution in [2.24, 2.45) is 0 Å². The molecule has 9 nitrogen and oxygen atoms in total. The van der Waals surface area contributed by atoms with E-state index >= 15 is 0 Å². The van der Waals surface area contributed by atoms with Crippen LogP contribution in [0.1, 0.15) is 33.6 Å². The van der Waals surface area contributed by atoms with Gasteiger partial charge in [-0.05, 0) is 45.7 Å². The van der Waals surface area contributed by atoms with Gasteiger partial charge >= 0.3 is 6.09 Å². The van der Waals surface area contributed by atoms with Crippen molar-refractivity contribution in [2.45, 2.75) is 44.8 Å². The van der Waals surface area contributed by atoms with Crippen LogP contribution in [0.4, 0.5) is 16.2 Å². The van der Waals surface area contributed by atoms with Crippen LogP contribution in [0, 0.1) is 0 Å². The standard InChI is InChI=1S/C21H30N6O3/c1-20(2,3)30-19(29)26-11-7-21(8-12-26,27-10-6-9-23-27)18(28)24-16-13-17(25(4)5)15-22-14-16/h6,9-10,13-15H,7-8,11-12H2,1-5H3,(H,24,28). The van der Waals surface area contributed by atoms with Crippen LogP contribution in [0.15, 0.2) is 36.9 Å². The summed E-state index contributed by atoms with van der Waals surface area (Å²) in [6.45, 7) is 6.32. The first-order chi connectivity index (χ1) is 14.1. The third kappa shape index (κ3) is 4.72. The Kier molecular flexibility index (Phi) is 6.00. The average Bonchev–Trinajstić information content (AvgIpc) is 3.22. The van der Waals surface area contributed by atoms with Gasteiger partial charge in [0.05, 0.1) is 23.8 Å². The number of aromatic nitrogens is 3. The normalized spacial score (nSPS) is 16.1. The van der Waals surface area contributed by atoms with Gasteiger partial charge in [-0.3, -0.25) is 14.5 Å². The molecule has 0 bridgehead atoms. The van der Waals surface area contributed by atoms with Crippen LogP contribution in [0.2, 0.25) is 0 Å². The number of likely N-dealkylation sites (tertiary alicyclic amines) is 1. The van der Waals surface area contributed by atoms with E-state index in [9.17, 15) is 9.59 Å². The third-order valence-corrected chi connectivity index (χ3v) is 5.11. The molecule has 1 N–H and O–H groups in total. The summed E-state index contributed by atoms with van der Waals surface area (Å²) in [5.41, 5.74) is 0.0546. The van der Waals surface area contributed by atoms with E-state index in [1.807, 2.05) is 45.8 Å². The van der Waals surface area contributed by atoms with Crippen LogP contribution >= 0.6 is 0 Å². The van der Waals surface area contributed by atoms with E-state index in [2.05, 4.69) is 15.4 Å². The van der Waals surface area contributed by atoms with Gasteiger partial charge in [0.1, 0.15) is 11.1 Å². The van der Waals surface area contributed by atoms with Crippen LogP contribution in [0.3, 0.4) is 0 Å². The number of hydrogen-bond donors (Lipinski definition) is 1. The third-order valence-electron chi connectivity index (χ3n) is 5.11. The van der Waals surface area contributed by atoms with Gasteiger partial charge in [0.2, 0.25) is 0 Å². The van der Waals surface area contributed by atoms with E-state index in [1.165, 1.54) is 0 Å². The molecule has 1 aliphatic heterocycles. The first kappa shape index (κ1) is 21.6. The van der Waals surface area contributed by atoms with Crippen molar-refractivity contribution in [2.75, 3.05) is 37.4 Å². The molecule has 1 aliphatic rings. The summed E-state index contributed by atoms with van der Waals surface area (Å²) in [5, 5.41) is 7.34. The second kappa shape index (κ2) is 8.33. The van der Waals surface area contributed by atoms with E-state index < -0.39 is 11.1 Å². The Morgan fingerprint density at radius 2 is 1.90 bits per heavy atom. The Morgan fingerprint density at radius 3 is 2.47 bits per heavy atom. The highest BCUT2D eigenvalue weighted by molar-refractivity contribution is 5.97. The Hall–Kier alpha value is -3.10. The van der Waals surface area contributed by atoms with Crippen LogP contribution in [-0.4, -0.2) is 64.5 Å². The van der Waals surface area contributed by atoms with Crippen LogP contribution in [0.5, 0.6) is 0 Å². The topological polar surface area (TPSA) is 92.6 Å². The minimum absolute atomic E-state index is 0.173. The number of piperidine rings is 1. The quantitative estimate of drug-likeness (QED) is 0.827. The lowest BCUT2D eigenvalue weighted by Crippen LogP contribution is -2.55. The highest BCUT2D eigenvalue weighted by atomic mass is 16.6. The second-order valence-electron chi connectivity index (χ2n) is 8.73. The van der Waals surface area contributed by atoms with Crippen molar-refractivity contribution < 1.29 is 14.3 Å². The molecule has 0 atom stereocenters. The lowest BCUT2D eigenvalue weighted by molar-refractivity contribution is -0.127. The number of pyridine rings is 1. The van der Waals surface area contributed by atoms with Crippen molar-refractivity contribution >= 4 is 23.4 Å². The number of ether oxygens (including phenoxy) is 1.